The van der Waals surface area contributed by atoms with Crippen LogP contribution in [-0.2, 0) is 4.74 Å². The van der Waals surface area contributed by atoms with Gasteiger partial charge in [-0.05, 0) is 12.1 Å². The van der Waals surface area contributed by atoms with Crippen molar-refractivity contribution < 1.29 is 14.3 Å². The third-order valence-electron chi connectivity index (χ3n) is 3.37. The van der Waals surface area contributed by atoms with E-state index in [9.17, 15) is 4.79 Å². The predicted molar refractivity (Wildman–Crippen MR) is 76.3 cm³/mol. The SMILES string of the molecule is COC1CCOc2c(NC(=O)c3ccncn3)cccc21. The molecule has 2 heterocycles. The van der Waals surface area contributed by atoms with E-state index in [1.54, 1.807) is 19.2 Å². The Morgan fingerprint density at radius 2 is 2.33 bits per heavy atom. The van der Waals surface area contributed by atoms with Gasteiger partial charge in [-0.2, -0.15) is 0 Å². The summed E-state index contributed by atoms with van der Waals surface area (Å²) < 4.78 is 11.1. The van der Waals surface area contributed by atoms with Crippen molar-refractivity contribution in [2.45, 2.75) is 12.5 Å². The molecular weight excluding hydrogens is 270 g/mol. The molecule has 3 rings (SSSR count). The molecule has 0 radical (unpaired) electrons. The molecule has 21 heavy (non-hydrogen) atoms. The number of benzene rings is 1. The van der Waals surface area contributed by atoms with E-state index < -0.39 is 0 Å². The van der Waals surface area contributed by atoms with E-state index in [1.165, 1.54) is 12.5 Å². The summed E-state index contributed by atoms with van der Waals surface area (Å²) in [5.41, 5.74) is 1.88. The largest absolute Gasteiger partial charge is 0.491 e. The van der Waals surface area contributed by atoms with Crippen molar-refractivity contribution in [3.63, 3.8) is 0 Å². The molecule has 2 aromatic rings. The average molecular weight is 285 g/mol. The number of carbonyl (C=O) groups excluding carboxylic acids is 1. The van der Waals surface area contributed by atoms with Crippen molar-refractivity contribution in [2.75, 3.05) is 19.0 Å². The van der Waals surface area contributed by atoms with Crippen LogP contribution in [0.1, 0.15) is 28.6 Å². The number of anilines is 1. The molecule has 0 saturated heterocycles. The smallest absolute Gasteiger partial charge is 0.274 e. The van der Waals surface area contributed by atoms with Gasteiger partial charge in [0.2, 0.25) is 0 Å². The molecule has 0 spiro atoms. The summed E-state index contributed by atoms with van der Waals surface area (Å²) in [4.78, 5) is 19.9. The standard InChI is InChI=1S/C15H15N3O3/c1-20-13-6-8-21-14-10(13)3-2-4-11(14)18-15(19)12-5-7-16-9-17-12/h2-5,7,9,13H,6,8H2,1H3,(H,18,19). The monoisotopic (exact) mass is 285 g/mol. The summed E-state index contributed by atoms with van der Waals surface area (Å²) >= 11 is 0. The van der Waals surface area contributed by atoms with E-state index in [0.29, 0.717) is 23.7 Å². The fourth-order valence-electron chi connectivity index (χ4n) is 2.35. The van der Waals surface area contributed by atoms with E-state index in [1.807, 2.05) is 12.1 Å². The summed E-state index contributed by atoms with van der Waals surface area (Å²) in [5.74, 6) is 0.368. The maximum Gasteiger partial charge on any atom is 0.274 e. The summed E-state index contributed by atoms with van der Waals surface area (Å²) in [6, 6.07) is 7.18. The Labute approximate surface area is 122 Å². The highest BCUT2D eigenvalue weighted by Gasteiger charge is 2.24. The third-order valence-corrected chi connectivity index (χ3v) is 3.37. The topological polar surface area (TPSA) is 73.3 Å². The molecule has 1 aliphatic rings. The zero-order chi connectivity index (χ0) is 14.7. The number of methoxy groups -OCH3 is 1. The number of para-hydroxylation sites is 1. The van der Waals surface area contributed by atoms with Gasteiger partial charge < -0.3 is 14.8 Å². The number of fused-ring (bicyclic) bond motifs is 1. The lowest BCUT2D eigenvalue weighted by Crippen LogP contribution is -2.19. The molecule has 1 N–H and O–H groups in total. The lowest BCUT2D eigenvalue weighted by atomic mass is 10.0. The van der Waals surface area contributed by atoms with Gasteiger partial charge in [-0.25, -0.2) is 9.97 Å². The molecule has 1 unspecified atom stereocenters. The molecule has 1 aliphatic heterocycles. The second-order valence-corrected chi connectivity index (χ2v) is 4.63. The number of aromatic nitrogens is 2. The second-order valence-electron chi connectivity index (χ2n) is 4.63. The van der Waals surface area contributed by atoms with Crippen LogP contribution in [0.15, 0.2) is 36.8 Å². The van der Waals surface area contributed by atoms with Crippen molar-refractivity contribution in [1.29, 1.82) is 0 Å². The molecule has 6 nitrogen and oxygen atoms in total. The first kappa shape index (κ1) is 13.5. The first-order chi connectivity index (χ1) is 10.3. The van der Waals surface area contributed by atoms with Crippen LogP contribution in [0.5, 0.6) is 5.75 Å². The highest BCUT2D eigenvalue weighted by molar-refractivity contribution is 6.03. The first-order valence-corrected chi connectivity index (χ1v) is 6.65. The molecule has 0 aliphatic carbocycles. The van der Waals surface area contributed by atoms with Crippen LogP contribution in [0.2, 0.25) is 0 Å². The molecule has 1 aromatic heterocycles. The van der Waals surface area contributed by atoms with E-state index in [2.05, 4.69) is 15.3 Å². The van der Waals surface area contributed by atoms with Crippen molar-refractivity contribution in [2.24, 2.45) is 0 Å². The number of amides is 1. The normalized spacial score (nSPS) is 16.7. The Balaban J connectivity index is 1.88. The Kier molecular flexibility index (Phi) is 3.79. The van der Waals surface area contributed by atoms with Crippen LogP contribution in [0, 0.1) is 0 Å². The van der Waals surface area contributed by atoms with Gasteiger partial charge in [0.05, 0.1) is 18.4 Å². The van der Waals surface area contributed by atoms with E-state index >= 15 is 0 Å². The zero-order valence-corrected chi connectivity index (χ0v) is 11.6. The molecular formula is C15H15N3O3. The predicted octanol–water partition coefficient (Wildman–Crippen LogP) is 2.20. The highest BCUT2D eigenvalue weighted by atomic mass is 16.5. The van der Waals surface area contributed by atoms with Crippen LogP contribution in [0.3, 0.4) is 0 Å². The summed E-state index contributed by atoms with van der Waals surface area (Å²) in [7, 11) is 1.67. The number of hydrogen-bond donors (Lipinski definition) is 1. The van der Waals surface area contributed by atoms with Crippen LogP contribution in [0.4, 0.5) is 5.69 Å². The summed E-state index contributed by atoms with van der Waals surface area (Å²) in [6.07, 6.45) is 3.66. The number of nitrogens with one attached hydrogen (secondary N) is 1. The molecule has 0 bridgehead atoms. The van der Waals surface area contributed by atoms with Crippen LogP contribution >= 0.6 is 0 Å². The maximum absolute atomic E-state index is 12.2. The molecule has 1 amide bonds. The van der Waals surface area contributed by atoms with Gasteiger partial charge in [0.25, 0.3) is 5.91 Å². The van der Waals surface area contributed by atoms with Gasteiger partial charge in [0.1, 0.15) is 17.8 Å². The number of nitrogens with zero attached hydrogens (tertiary/aromatic N) is 2. The number of rotatable bonds is 3. The fraction of sp³-hybridized carbons (Fsp3) is 0.267. The first-order valence-electron chi connectivity index (χ1n) is 6.65. The Morgan fingerprint density at radius 3 is 3.10 bits per heavy atom. The van der Waals surface area contributed by atoms with Crippen LogP contribution < -0.4 is 10.1 Å². The molecule has 0 saturated carbocycles. The van der Waals surface area contributed by atoms with Crippen molar-refractivity contribution in [3.05, 3.63) is 48.0 Å². The van der Waals surface area contributed by atoms with Gasteiger partial charge in [0, 0.05) is 25.3 Å². The number of ether oxygens (including phenoxy) is 2. The zero-order valence-electron chi connectivity index (χ0n) is 11.6. The Hall–Kier alpha value is -2.47. The second kappa shape index (κ2) is 5.88. The molecule has 1 atom stereocenters. The van der Waals surface area contributed by atoms with E-state index in [-0.39, 0.29) is 12.0 Å². The average Bonchev–Trinajstić information content (AvgIpc) is 2.55. The van der Waals surface area contributed by atoms with Crippen molar-refractivity contribution >= 4 is 11.6 Å². The minimum absolute atomic E-state index is 0.00958. The van der Waals surface area contributed by atoms with Crippen LogP contribution in [0.25, 0.3) is 0 Å². The third kappa shape index (κ3) is 2.71. The quantitative estimate of drug-likeness (QED) is 0.935. The summed E-state index contributed by atoms with van der Waals surface area (Å²) in [5, 5.41) is 2.82. The van der Waals surface area contributed by atoms with Crippen LogP contribution in [-0.4, -0.2) is 29.6 Å². The minimum atomic E-state index is -0.297. The van der Waals surface area contributed by atoms with E-state index in [4.69, 9.17) is 9.47 Å². The van der Waals surface area contributed by atoms with E-state index in [0.717, 1.165) is 12.0 Å². The van der Waals surface area contributed by atoms with Gasteiger partial charge in [-0.15, -0.1) is 0 Å². The molecule has 0 fully saturated rings. The van der Waals surface area contributed by atoms with Gasteiger partial charge in [0.15, 0.2) is 0 Å². The van der Waals surface area contributed by atoms with Crippen molar-refractivity contribution in [1.82, 2.24) is 9.97 Å². The summed E-state index contributed by atoms with van der Waals surface area (Å²) in [6.45, 7) is 0.561. The number of hydrogen-bond acceptors (Lipinski definition) is 5. The molecule has 1 aromatic carbocycles. The molecule has 6 heteroatoms. The lowest BCUT2D eigenvalue weighted by molar-refractivity contribution is 0.0639. The Morgan fingerprint density at radius 1 is 1.43 bits per heavy atom. The lowest BCUT2D eigenvalue weighted by Gasteiger charge is -2.26. The minimum Gasteiger partial charge on any atom is -0.491 e. The van der Waals surface area contributed by atoms with Crippen molar-refractivity contribution in [3.8, 4) is 5.75 Å². The molecule has 108 valence electrons. The van der Waals surface area contributed by atoms with Gasteiger partial charge in [-0.3, -0.25) is 4.79 Å². The maximum atomic E-state index is 12.2. The number of carbonyl (C=O) groups is 1. The highest BCUT2D eigenvalue weighted by Crippen LogP contribution is 2.39. The Bertz CT molecular complexity index is 646. The van der Waals surface area contributed by atoms with Gasteiger partial charge >= 0.3 is 0 Å². The van der Waals surface area contributed by atoms with Gasteiger partial charge in [-0.1, -0.05) is 12.1 Å². The fourth-order valence-corrected chi connectivity index (χ4v) is 2.35.